The van der Waals surface area contributed by atoms with E-state index in [4.69, 9.17) is 10.5 Å². The number of methoxy groups -OCH3 is 1. The van der Waals surface area contributed by atoms with E-state index in [1.54, 1.807) is 7.11 Å². The quantitative estimate of drug-likeness (QED) is 0.618. The Morgan fingerprint density at radius 2 is 2.23 bits per heavy atom. The predicted octanol–water partition coefficient (Wildman–Crippen LogP) is 2.34. The van der Waals surface area contributed by atoms with Gasteiger partial charge in [-0.05, 0) is 30.9 Å². The highest BCUT2D eigenvalue weighted by atomic mass is 16.5. The van der Waals surface area contributed by atoms with Crippen LogP contribution in [0.3, 0.4) is 0 Å². The molecule has 0 radical (unpaired) electrons. The summed E-state index contributed by atoms with van der Waals surface area (Å²) in [7, 11) is 1.74. The first kappa shape index (κ1) is 12.7. The molecule has 0 rings (SSSR count). The predicted molar refractivity (Wildman–Crippen MR) is 57.7 cm³/mol. The smallest absolute Gasteiger partial charge is 0.0673 e. The van der Waals surface area contributed by atoms with Crippen LogP contribution in [0.1, 0.15) is 33.1 Å². The second kappa shape index (κ2) is 8.27. The third kappa shape index (κ3) is 6.79. The van der Waals surface area contributed by atoms with Crippen LogP contribution in [-0.4, -0.2) is 20.3 Å². The molecule has 2 nitrogen and oxygen atoms in total. The Labute approximate surface area is 82.2 Å². The number of ether oxygens (including phenoxy) is 1. The zero-order valence-electron chi connectivity index (χ0n) is 9.18. The van der Waals surface area contributed by atoms with E-state index in [0.29, 0.717) is 5.92 Å². The fourth-order valence-corrected chi connectivity index (χ4v) is 1.24. The summed E-state index contributed by atoms with van der Waals surface area (Å²) in [5.74, 6) is 0.655. The Kier molecular flexibility index (Phi) is 8.05. The van der Waals surface area contributed by atoms with Crippen molar-refractivity contribution in [2.24, 2.45) is 11.7 Å². The standard InChI is InChI=1S/C11H23NO/c1-4-10(2)8-11(9-13-3)6-5-7-12/h8,10H,4-7,9,12H2,1-3H3/b11-8-. The summed E-state index contributed by atoms with van der Waals surface area (Å²) in [6, 6.07) is 0. The summed E-state index contributed by atoms with van der Waals surface area (Å²) in [6.07, 6.45) is 5.65. The minimum atomic E-state index is 0.655. The van der Waals surface area contributed by atoms with Crippen LogP contribution in [0.2, 0.25) is 0 Å². The van der Waals surface area contributed by atoms with Crippen molar-refractivity contribution in [3.8, 4) is 0 Å². The molecular weight excluding hydrogens is 162 g/mol. The van der Waals surface area contributed by atoms with E-state index in [-0.39, 0.29) is 0 Å². The number of hydrogen-bond donors (Lipinski definition) is 1. The molecule has 0 aliphatic carbocycles. The van der Waals surface area contributed by atoms with Gasteiger partial charge in [0.1, 0.15) is 0 Å². The summed E-state index contributed by atoms with van der Waals surface area (Å²) in [6.45, 7) is 5.96. The maximum absolute atomic E-state index is 5.47. The zero-order valence-corrected chi connectivity index (χ0v) is 9.18. The van der Waals surface area contributed by atoms with E-state index in [2.05, 4.69) is 19.9 Å². The zero-order chi connectivity index (χ0) is 10.1. The normalized spacial score (nSPS) is 14.6. The van der Waals surface area contributed by atoms with Crippen LogP contribution >= 0.6 is 0 Å². The lowest BCUT2D eigenvalue weighted by Gasteiger charge is -2.09. The molecule has 0 aromatic carbocycles. The molecule has 0 aliphatic heterocycles. The summed E-state index contributed by atoms with van der Waals surface area (Å²) in [4.78, 5) is 0. The largest absolute Gasteiger partial charge is 0.380 e. The van der Waals surface area contributed by atoms with Crippen molar-refractivity contribution in [2.75, 3.05) is 20.3 Å². The van der Waals surface area contributed by atoms with Crippen LogP contribution < -0.4 is 5.73 Å². The van der Waals surface area contributed by atoms with E-state index < -0.39 is 0 Å². The van der Waals surface area contributed by atoms with Gasteiger partial charge in [0, 0.05) is 7.11 Å². The number of allylic oxidation sites excluding steroid dienone is 1. The molecule has 13 heavy (non-hydrogen) atoms. The highest BCUT2D eigenvalue weighted by Gasteiger charge is 1.99. The van der Waals surface area contributed by atoms with E-state index in [0.717, 1.165) is 26.0 Å². The second-order valence-corrected chi connectivity index (χ2v) is 3.54. The van der Waals surface area contributed by atoms with Crippen molar-refractivity contribution in [2.45, 2.75) is 33.1 Å². The molecular formula is C11H23NO. The van der Waals surface area contributed by atoms with Gasteiger partial charge in [-0.3, -0.25) is 0 Å². The molecule has 0 aromatic heterocycles. The lowest BCUT2D eigenvalue weighted by atomic mass is 10.0. The van der Waals surface area contributed by atoms with Crippen molar-refractivity contribution in [1.29, 1.82) is 0 Å². The molecule has 78 valence electrons. The number of nitrogens with two attached hydrogens (primary N) is 1. The first-order valence-corrected chi connectivity index (χ1v) is 5.13. The van der Waals surface area contributed by atoms with Crippen molar-refractivity contribution in [3.63, 3.8) is 0 Å². The monoisotopic (exact) mass is 185 g/mol. The Balaban J connectivity index is 3.97. The van der Waals surface area contributed by atoms with Gasteiger partial charge in [0.2, 0.25) is 0 Å². The van der Waals surface area contributed by atoms with Crippen LogP contribution in [0.5, 0.6) is 0 Å². The van der Waals surface area contributed by atoms with Crippen LogP contribution in [0, 0.1) is 5.92 Å². The van der Waals surface area contributed by atoms with Crippen LogP contribution in [0.15, 0.2) is 11.6 Å². The van der Waals surface area contributed by atoms with Crippen molar-refractivity contribution >= 4 is 0 Å². The average molecular weight is 185 g/mol. The van der Waals surface area contributed by atoms with Gasteiger partial charge >= 0.3 is 0 Å². The number of rotatable bonds is 7. The van der Waals surface area contributed by atoms with Crippen molar-refractivity contribution in [1.82, 2.24) is 0 Å². The third-order valence-corrected chi connectivity index (χ3v) is 2.20. The average Bonchev–Trinajstić information content (AvgIpc) is 2.14. The Morgan fingerprint density at radius 1 is 1.54 bits per heavy atom. The fourth-order valence-electron chi connectivity index (χ4n) is 1.24. The van der Waals surface area contributed by atoms with Crippen molar-refractivity contribution in [3.05, 3.63) is 11.6 Å². The Bertz CT molecular complexity index is 143. The van der Waals surface area contributed by atoms with E-state index in [9.17, 15) is 0 Å². The molecule has 2 heteroatoms. The molecule has 1 atom stereocenters. The molecule has 0 fully saturated rings. The summed E-state index contributed by atoms with van der Waals surface area (Å²) >= 11 is 0. The minimum absolute atomic E-state index is 0.655. The minimum Gasteiger partial charge on any atom is -0.380 e. The van der Waals surface area contributed by atoms with Crippen LogP contribution in [0.25, 0.3) is 0 Å². The van der Waals surface area contributed by atoms with Gasteiger partial charge in [0.15, 0.2) is 0 Å². The molecule has 0 spiro atoms. The topological polar surface area (TPSA) is 35.2 Å². The van der Waals surface area contributed by atoms with Crippen LogP contribution in [0.4, 0.5) is 0 Å². The van der Waals surface area contributed by atoms with Gasteiger partial charge in [-0.25, -0.2) is 0 Å². The molecule has 0 amide bonds. The van der Waals surface area contributed by atoms with Gasteiger partial charge in [-0.1, -0.05) is 26.3 Å². The number of hydrogen-bond acceptors (Lipinski definition) is 2. The Hall–Kier alpha value is -0.340. The molecule has 0 saturated heterocycles. The van der Waals surface area contributed by atoms with Gasteiger partial charge in [0.05, 0.1) is 6.61 Å². The third-order valence-electron chi connectivity index (χ3n) is 2.20. The van der Waals surface area contributed by atoms with Gasteiger partial charge in [-0.2, -0.15) is 0 Å². The van der Waals surface area contributed by atoms with Crippen molar-refractivity contribution < 1.29 is 4.74 Å². The summed E-state index contributed by atoms with van der Waals surface area (Å²) < 4.78 is 5.14. The van der Waals surface area contributed by atoms with Crippen LogP contribution in [-0.2, 0) is 4.74 Å². The lowest BCUT2D eigenvalue weighted by molar-refractivity contribution is 0.222. The molecule has 1 unspecified atom stereocenters. The van der Waals surface area contributed by atoms with E-state index >= 15 is 0 Å². The summed E-state index contributed by atoms with van der Waals surface area (Å²) in [5, 5.41) is 0. The van der Waals surface area contributed by atoms with Gasteiger partial charge < -0.3 is 10.5 Å². The van der Waals surface area contributed by atoms with Gasteiger partial charge in [0.25, 0.3) is 0 Å². The maximum Gasteiger partial charge on any atom is 0.0673 e. The van der Waals surface area contributed by atoms with E-state index in [1.165, 1.54) is 12.0 Å². The molecule has 0 heterocycles. The fraction of sp³-hybridized carbons (Fsp3) is 0.818. The maximum atomic E-state index is 5.47. The molecule has 0 saturated carbocycles. The molecule has 2 N–H and O–H groups in total. The Morgan fingerprint density at radius 3 is 2.69 bits per heavy atom. The molecule has 0 bridgehead atoms. The first-order valence-electron chi connectivity index (χ1n) is 5.13. The molecule has 0 aromatic rings. The lowest BCUT2D eigenvalue weighted by Crippen LogP contribution is -2.03. The summed E-state index contributed by atoms with van der Waals surface area (Å²) in [5.41, 5.74) is 6.86. The SMILES string of the molecule is CCC(C)/C=C(/CCCN)COC. The van der Waals surface area contributed by atoms with E-state index in [1.807, 2.05) is 0 Å². The highest BCUT2D eigenvalue weighted by molar-refractivity contribution is 5.04. The highest BCUT2D eigenvalue weighted by Crippen LogP contribution is 2.11. The van der Waals surface area contributed by atoms with Gasteiger partial charge in [-0.15, -0.1) is 0 Å². The second-order valence-electron chi connectivity index (χ2n) is 3.54. The first-order chi connectivity index (χ1) is 6.24. The molecule has 0 aliphatic rings.